The van der Waals surface area contributed by atoms with Gasteiger partial charge in [-0.25, -0.2) is 0 Å². The van der Waals surface area contributed by atoms with E-state index in [0.29, 0.717) is 0 Å². The highest BCUT2D eigenvalue weighted by Gasteiger charge is 2.44. The maximum Gasteiger partial charge on any atom is 0.431 e. The molecule has 0 aromatic rings. The van der Waals surface area contributed by atoms with Crippen LogP contribution in [0.15, 0.2) is 5.10 Å². The first-order valence-corrected chi connectivity index (χ1v) is 5.77. The molecule has 0 saturated carbocycles. The van der Waals surface area contributed by atoms with Crippen molar-refractivity contribution >= 4 is 33.1 Å². The summed E-state index contributed by atoms with van der Waals surface area (Å²) in [6.07, 6.45) is -5.35. The smallest absolute Gasteiger partial charge is 0.189 e. The molecule has 0 aromatic carbocycles. The van der Waals surface area contributed by atoms with Gasteiger partial charge in [-0.1, -0.05) is 12.2 Å². The minimum Gasteiger partial charge on any atom is -0.189 e. The van der Waals surface area contributed by atoms with Gasteiger partial charge >= 0.3 is 16.4 Å². The van der Waals surface area contributed by atoms with Gasteiger partial charge in [-0.15, -0.1) is 4.41 Å². The minimum atomic E-state index is -4.67. The Hall–Kier alpha value is -0.740. The molecule has 0 N–H and O–H groups in total. The van der Waals surface area contributed by atoms with E-state index in [9.17, 15) is 21.6 Å². The van der Waals surface area contributed by atoms with Gasteiger partial charge < -0.3 is 0 Å². The third kappa shape index (κ3) is 2.33. The Morgan fingerprint density at radius 3 is 2.25 bits per heavy atom. The van der Waals surface area contributed by atoms with Crippen LogP contribution in [0.1, 0.15) is 6.42 Å². The second kappa shape index (κ2) is 3.93. The summed E-state index contributed by atoms with van der Waals surface area (Å²) in [5.41, 5.74) is -1.21. The lowest BCUT2D eigenvalue weighted by molar-refractivity contribution is -0.0598. The molecule has 0 unspecified atom stereocenters. The van der Waals surface area contributed by atoms with Gasteiger partial charge in [0.05, 0.1) is 6.42 Å². The van der Waals surface area contributed by atoms with Crippen LogP contribution in [0.4, 0.5) is 13.2 Å². The molecule has 1 rings (SSSR count). The number of hydrazone groups is 1. The van der Waals surface area contributed by atoms with E-state index in [2.05, 4.69) is 17.3 Å². The molecule has 0 atom stereocenters. The molecule has 0 aliphatic carbocycles. The second-order valence-corrected chi connectivity index (χ2v) is 5.59. The number of hydrogen-bond acceptors (Lipinski definition) is 4. The molecular weight excluding hydrogens is 267 g/mol. The van der Waals surface area contributed by atoms with Crippen LogP contribution in [0.5, 0.6) is 0 Å². The van der Waals surface area contributed by atoms with Gasteiger partial charge in [0.2, 0.25) is 0 Å². The van der Waals surface area contributed by atoms with E-state index in [-0.39, 0.29) is 9.40 Å². The van der Waals surface area contributed by atoms with Crippen LogP contribution in [0.25, 0.3) is 0 Å². The maximum atomic E-state index is 12.3. The average molecular weight is 275 g/mol. The SMILES string of the molecule is CN(C)S(=O)(=O)N1N=C(C(F)(F)F)CC1=S. The van der Waals surface area contributed by atoms with Gasteiger partial charge in [0.1, 0.15) is 10.7 Å². The standard InChI is InChI=1S/C6H8F3N3O2S2/c1-11(2)16(13,14)12-5(15)3-4(10-12)6(7,8)9/h3H2,1-2H3. The normalized spacial score (nSPS) is 18.2. The molecule has 0 radical (unpaired) electrons. The first kappa shape index (κ1) is 13.3. The molecule has 0 fully saturated rings. The number of rotatable bonds is 2. The molecule has 1 aliphatic heterocycles. The fourth-order valence-corrected chi connectivity index (χ4v) is 2.20. The fourth-order valence-electron chi connectivity index (χ4n) is 0.903. The Morgan fingerprint density at radius 2 is 1.94 bits per heavy atom. The summed E-state index contributed by atoms with van der Waals surface area (Å²) in [5, 5.41) is 2.99. The first-order chi connectivity index (χ1) is 7.06. The predicted molar refractivity (Wildman–Crippen MR) is 55.2 cm³/mol. The molecule has 16 heavy (non-hydrogen) atoms. The van der Waals surface area contributed by atoms with Crippen LogP contribution >= 0.6 is 12.2 Å². The van der Waals surface area contributed by atoms with E-state index in [4.69, 9.17) is 0 Å². The third-order valence-electron chi connectivity index (χ3n) is 1.75. The summed E-state index contributed by atoms with van der Waals surface area (Å²) in [6.45, 7) is 0. The maximum absolute atomic E-state index is 12.3. The highest BCUT2D eigenvalue weighted by molar-refractivity contribution is 7.89. The molecule has 1 aliphatic rings. The van der Waals surface area contributed by atoms with E-state index < -0.39 is 28.5 Å². The molecule has 5 nitrogen and oxygen atoms in total. The Labute approximate surface area is 95.7 Å². The Morgan fingerprint density at radius 1 is 1.44 bits per heavy atom. The summed E-state index contributed by atoms with van der Waals surface area (Å²) in [4.78, 5) is -0.388. The highest BCUT2D eigenvalue weighted by atomic mass is 32.2. The van der Waals surface area contributed by atoms with Gasteiger partial charge in [0.25, 0.3) is 0 Å². The monoisotopic (exact) mass is 275 g/mol. The van der Waals surface area contributed by atoms with Crippen molar-refractivity contribution in [3.63, 3.8) is 0 Å². The van der Waals surface area contributed by atoms with Crippen molar-refractivity contribution in [2.45, 2.75) is 12.6 Å². The van der Waals surface area contributed by atoms with Crippen LogP contribution in [-0.2, 0) is 10.2 Å². The molecule has 92 valence electrons. The van der Waals surface area contributed by atoms with E-state index in [1.54, 1.807) is 0 Å². The van der Waals surface area contributed by atoms with Crippen LogP contribution < -0.4 is 0 Å². The van der Waals surface area contributed by atoms with E-state index >= 15 is 0 Å². The van der Waals surface area contributed by atoms with Crippen molar-refractivity contribution in [2.24, 2.45) is 5.10 Å². The molecule has 0 bridgehead atoms. The van der Waals surface area contributed by atoms with Gasteiger partial charge in [-0.05, 0) is 0 Å². The molecule has 0 spiro atoms. The molecule has 1 heterocycles. The quantitative estimate of drug-likeness (QED) is 0.699. The number of nitrogens with zero attached hydrogens (tertiary/aromatic N) is 3. The molecule has 0 aromatic heterocycles. The zero-order valence-corrected chi connectivity index (χ0v) is 9.95. The van der Waals surface area contributed by atoms with Crippen LogP contribution in [0.3, 0.4) is 0 Å². The molecule has 0 amide bonds. The summed E-state index contributed by atoms with van der Waals surface area (Å²) in [6, 6.07) is 0. The van der Waals surface area contributed by atoms with Crippen molar-refractivity contribution < 1.29 is 21.6 Å². The van der Waals surface area contributed by atoms with Crippen molar-refractivity contribution in [1.29, 1.82) is 0 Å². The van der Waals surface area contributed by atoms with Gasteiger partial charge in [-0.3, -0.25) is 0 Å². The third-order valence-corrected chi connectivity index (χ3v) is 3.85. The van der Waals surface area contributed by atoms with E-state index in [1.165, 1.54) is 14.1 Å². The summed E-state index contributed by atoms with van der Waals surface area (Å²) in [7, 11) is -1.72. The lowest BCUT2D eigenvalue weighted by atomic mass is 10.3. The fraction of sp³-hybridized carbons (Fsp3) is 0.667. The average Bonchev–Trinajstić information content (AvgIpc) is 2.46. The summed E-state index contributed by atoms with van der Waals surface area (Å²) < 4.78 is 60.8. The zero-order chi connectivity index (χ0) is 12.7. The van der Waals surface area contributed by atoms with Crippen LogP contribution in [0, 0.1) is 0 Å². The number of alkyl halides is 3. The van der Waals surface area contributed by atoms with Gasteiger partial charge in [-0.2, -0.15) is 31.0 Å². The van der Waals surface area contributed by atoms with Gasteiger partial charge in [0, 0.05) is 14.1 Å². The molecular formula is C6H8F3N3O2S2. The van der Waals surface area contributed by atoms with Crippen LogP contribution in [-0.4, -0.2) is 48.1 Å². The van der Waals surface area contributed by atoms with Crippen molar-refractivity contribution in [1.82, 2.24) is 8.72 Å². The summed E-state index contributed by atoms with van der Waals surface area (Å²) in [5.74, 6) is 0. The largest absolute Gasteiger partial charge is 0.431 e. The number of hydrogen-bond donors (Lipinski definition) is 0. The lowest BCUT2D eigenvalue weighted by Crippen LogP contribution is -2.37. The Kier molecular flexibility index (Phi) is 3.27. The van der Waals surface area contributed by atoms with E-state index in [1.807, 2.05) is 0 Å². The van der Waals surface area contributed by atoms with E-state index in [0.717, 1.165) is 4.31 Å². The first-order valence-electron chi connectivity index (χ1n) is 3.97. The predicted octanol–water partition coefficient (Wildman–Crippen LogP) is 0.744. The lowest BCUT2D eigenvalue weighted by Gasteiger charge is -2.18. The second-order valence-electron chi connectivity index (χ2n) is 3.15. The van der Waals surface area contributed by atoms with Crippen molar-refractivity contribution in [2.75, 3.05) is 14.1 Å². The Balaban J connectivity index is 3.11. The molecule has 10 heteroatoms. The molecule has 0 saturated heterocycles. The van der Waals surface area contributed by atoms with Crippen molar-refractivity contribution in [3.8, 4) is 0 Å². The topological polar surface area (TPSA) is 53.0 Å². The van der Waals surface area contributed by atoms with Crippen LogP contribution in [0.2, 0.25) is 0 Å². The zero-order valence-electron chi connectivity index (χ0n) is 8.32. The number of thiocarbonyl (C=S) groups is 1. The minimum absolute atomic E-state index is 0.227. The highest BCUT2D eigenvalue weighted by Crippen LogP contribution is 2.27. The van der Waals surface area contributed by atoms with Crippen molar-refractivity contribution in [3.05, 3.63) is 0 Å². The number of halogens is 3. The Bertz CT molecular complexity index is 440. The summed E-state index contributed by atoms with van der Waals surface area (Å²) >= 11 is 4.56. The van der Waals surface area contributed by atoms with Gasteiger partial charge in [0.15, 0.2) is 0 Å².